The van der Waals surface area contributed by atoms with Crippen molar-refractivity contribution in [3.63, 3.8) is 0 Å². The van der Waals surface area contributed by atoms with E-state index >= 15 is 0 Å². The van der Waals surface area contributed by atoms with E-state index in [1.807, 2.05) is 6.92 Å². The van der Waals surface area contributed by atoms with E-state index in [0.717, 1.165) is 49.9 Å². The van der Waals surface area contributed by atoms with Gasteiger partial charge in [0.15, 0.2) is 0 Å². The van der Waals surface area contributed by atoms with Gasteiger partial charge in [0.1, 0.15) is 11.6 Å². The number of rotatable bonds is 3. The third kappa shape index (κ3) is 3.28. The molecule has 22 heavy (non-hydrogen) atoms. The Balaban J connectivity index is 1.95. The minimum absolute atomic E-state index is 0.860. The van der Waals surface area contributed by atoms with E-state index in [2.05, 4.69) is 53.3 Å². The average molecular weight is 296 g/mol. The quantitative estimate of drug-likeness (QED) is 0.944. The first-order valence-corrected chi connectivity index (χ1v) is 7.99. The standard InChI is InChI=1S/C18H24N4/c1-13-4-6-16(7-5-13)12-17-14(2)20-15(3)21-18(17)22-10-8-19-9-11-22/h4-7,19H,8-12H2,1-3H3. The lowest BCUT2D eigenvalue weighted by molar-refractivity contribution is 0.582. The molecule has 1 N–H and O–H groups in total. The summed E-state index contributed by atoms with van der Waals surface area (Å²) in [6, 6.07) is 8.75. The number of aromatic nitrogens is 2. The smallest absolute Gasteiger partial charge is 0.136 e. The monoisotopic (exact) mass is 296 g/mol. The predicted octanol–water partition coefficient (Wildman–Crippen LogP) is 2.40. The molecule has 2 heterocycles. The van der Waals surface area contributed by atoms with Crippen molar-refractivity contribution in [2.75, 3.05) is 31.1 Å². The van der Waals surface area contributed by atoms with Crippen LogP contribution < -0.4 is 10.2 Å². The fourth-order valence-corrected chi connectivity index (χ4v) is 2.97. The zero-order chi connectivity index (χ0) is 15.5. The van der Waals surface area contributed by atoms with Gasteiger partial charge in [0.25, 0.3) is 0 Å². The summed E-state index contributed by atoms with van der Waals surface area (Å²) in [5.74, 6) is 1.98. The van der Waals surface area contributed by atoms with Crippen molar-refractivity contribution in [3.8, 4) is 0 Å². The van der Waals surface area contributed by atoms with Crippen LogP contribution in [0, 0.1) is 20.8 Å². The van der Waals surface area contributed by atoms with Gasteiger partial charge in [-0.1, -0.05) is 29.8 Å². The van der Waals surface area contributed by atoms with E-state index in [-0.39, 0.29) is 0 Å². The SMILES string of the molecule is Cc1ccc(Cc2c(C)nc(C)nc2N2CCNCC2)cc1. The summed E-state index contributed by atoms with van der Waals surface area (Å²) < 4.78 is 0. The molecule has 116 valence electrons. The van der Waals surface area contributed by atoms with Gasteiger partial charge < -0.3 is 10.2 Å². The Kier molecular flexibility index (Phi) is 4.39. The van der Waals surface area contributed by atoms with Crippen LogP contribution in [0.5, 0.6) is 0 Å². The number of anilines is 1. The van der Waals surface area contributed by atoms with Gasteiger partial charge in [-0.2, -0.15) is 0 Å². The van der Waals surface area contributed by atoms with Gasteiger partial charge in [0.05, 0.1) is 0 Å². The second-order valence-electron chi connectivity index (χ2n) is 6.06. The highest BCUT2D eigenvalue weighted by molar-refractivity contribution is 5.51. The van der Waals surface area contributed by atoms with E-state index in [0.29, 0.717) is 0 Å². The maximum atomic E-state index is 4.76. The van der Waals surface area contributed by atoms with E-state index < -0.39 is 0 Å². The normalized spacial score (nSPS) is 15.1. The van der Waals surface area contributed by atoms with Crippen LogP contribution in [-0.2, 0) is 6.42 Å². The molecule has 1 aromatic heterocycles. The molecule has 3 rings (SSSR count). The first kappa shape index (κ1) is 15.0. The minimum Gasteiger partial charge on any atom is -0.354 e. The molecule has 1 aromatic carbocycles. The number of aryl methyl sites for hydroxylation is 3. The fourth-order valence-electron chi connectivity index (χ4n) is 2.97. The number of nitrogens with one attached hydrogen (secondary N) is 1. The molecule has 4 heteroatoms. The van der Waals surface area contributed by atoms with E-state index in [4.69, 9.17) is 4.98 Å². The molecular formula is C18H24N4. The molecule has 2 aromatic rings. The third-order valence-electron chi connectivity index (χ3n) is 4.22. The van der Waals surface area contributed by atoms with Crippen molar-refractivity contribution in [1.82, 2.24) is 15.3 Å². The van der Waals surface area contributed by atoms with Crippen molar-refractivity contribution in [3.05, 3.63) is 52.5 Å². The Bertz CT molecular complexity index is 643. The summed E-state index contributed by atoms with van der Waals surface area (Å²) in [5, 5.41) is 3.40. The molecule has 0 amide bonds. The summed E-state index contributed by atoms with van der Waals surface area (Å²) in [5.41, 5.74) is 4.97. The summed E-state index contributed by atoms with van der Waals surface area (Å²) in [7, 11) is 0. The number of hydrogen-bond acceptors (Lipinski definition) is 4. The maximum absolute atomic E-state index is 4.76. The largest absolute Gasteiger partial charge is 0.354 e. The van der Waals surface area contributed by atoms with Gasteiger partial charge >= 0.3 is 0 Å². The fraction of sp³-hybridized carbons (Fsp3) is 0.444. The van der Waals surface area contributed by atoms with Crippen LogP contribution in [0.15, 0.2) is 24.3 Å². The molecule has 1 saturated heterocycles. The Morgan fingerprint density at radius 1 is 1.00 bits per heavy atom. The minimum atomic E-state index is 0.860. The van der Waals surface area contributed by atoms with Gasteiger partial charge in [-0.25, -0.2) is 9.97 Å². The number of piperazine rings is 1. The summed E-state index contributed by atoms with van der Waals surface area (Å²) >= 11 is 0. The van der Waals surface area contributed by atoms with Crippen molar-refractivity contribution in [2.45, 2.75) is 27.2 Å². The van der Waals surface area contributed by atoms with E-state index in [9.17, 15) is 0 Å². The molecule has 0 bridgehead atoms. The first-order valence-electron chi connectivity index (χ1n) is 7.99. The summed E-state index contributed by atoms with van der Waals surface area (Å²) in [4.78, 5) is 11.7. The Morgan fingerprint density at radius 3 is 2.36 bits per heavy atom. The van der Waals surface area contributed by atoms with Gasteiger partial charge in [-0.05, 0) is 26.3 Å². The lowest BCUT2D eigenvalue weighted by Gasteiger charge is -2.30. The highest BCUT2D eigenvalue weighted by atomic mass is 15.2. The van der Waals surface area contributed by atoms with Crippen LogP contribution >= 0.6 is 0 Å². The number of hydrogen-bond donors (Lipinski definition) is 1. The average Bonchev–Trinajstić information content (AvgIpc) is 2.52. The molecule has 4 nitrogen and oxygen atoms in total. The van der Waals surface area contributed by atoms with Gasteiger partial charge in [-0.15, -0.1) is 0 Å². The molecule has 0 unspecified atom stereocenters. The first-order chi connectivity index (χ1) is 10.6. The van der Waals surface area contributed by atoms with Crippen molar-refractivity contribution >= 4 is 5.82 Å². The molecular weight excluding hydrogens is 272 g/mol. The number of benzene rings is 1. The molecule has 0 spiro atoms. The highest BCUT2D eigenvalue weighted by Crippen LogP contribution is 2.24. The lowest BCUT2D eigenvalue weighted by Crippen LogP contribution is -2.44. The lowest BCUT2D eigenvalue weighted by atomic mass is 10.0. The third-order valence-corrected chi connectivity index (χ3v) is 4.22. The molecule has 0 radical (unpaired) electrons. The zero-order valence-electron chi connectivity index (χ0n) is 13.7. The number of nitrogens with zero attached hydrogens (tertiary/aromatic N) is 3. The van der Waals surface area contributed by atoms with E-state index in [1.165, 1.54) is 16.7 Å². The molecule has 0 aliphatic carbocycles. The molecule has 0 atom stereocenters. The maximum Gasteiger partial charge on any atom is 0.136 e. The summed E-state index contributed by atoms with van der Waals surface area (Å²) in [6.45, 7) is 10.3. The highest BCUT2D eigenvalue weighted by Gasteiger charge is 2.18. The predicted molar refractivity (Wildman–Crippen MR) is 90.6 cm³/mol. The van der Waals surface area contributed by atoms with E-state index in [1.54, 1.807) is 0 Å². The van der Waals surface area contributed by atoms with Gasteiger partial charge in [0.2, 0.25) is 0 Å². The van der Waals surface area contributed by atoms with Crippen molar-refractivity contribution in [2.24, 2.45) is 0 Å². The Morgan fingerprint density at radius 2 is 1.68 bits per heavy atom. The molecule has 1 aliphatic rings. The Labute approximate surface area is 132 Å². The Hall–Kier alpha value is -1.94. The van der Waals surface area contributed by atoms with Crippen LogP contribution in [0.4, 0.5) is 5.82 Å². The molecule has 1 aliphatic heterocycles. The molecule has 0 saturated carbocycles. The van der Waals surface area contributed by atoms with Crippen LogP contribution in [0.25, 0.3) is 0 Å². The van der Waals surface area contributed by atoms with Gasteiger partial charge in [-0.3, -0.25) is 0 Å². The van der Waals surface area contributed by atoms with Crippen LogP contribution in [-0.4, -0.2) is 36.1 Å². The zero-order valence-corrected chi connectivity index (χ0v) is 13.7. The van der Waals surface area contributed by atoms with Crippen LogP contribution in [0.1, 0.15) is 28.2 Å². The van der Waals surface area contributed by atoms with Crippen molar-refractivity contribution < 1.29 is 0 Å². The van der Waals surface area contributed by atoms with Crippen molar-refractivity contribution in [1.29, 1.82) is 0 Å². The second kappa shape index (κ2) is 6.44. The molecule has 1 fully saturated rings. The summed E-state index contributed by atoms with van der Waals surface area (Å²) in [6.07, 6.45) is 0.894. The van der Waals surface area contributed by atoms with Crippen LogP contribution in [0.2, 0.25) is 0 Å². The second-order valence-corrected chi connectivity index (χ2v) is 6.06. The topological polar surface area (TPSA) is 41.1 Å². The van der Waals surface area contributed by atoms with Gasteiger partial charge in [0, 0.05) is 43.9 Å². The van der Waals surface area contributed by atoms with Crippen LogP contribution in [0.3, 0.4) is 0 Å².